The Bertz CT molecular complexity index is 1150. The van der Waals surface area contributed by atoms with Crippen LogP contribution in [0.15, 0.2) is 78.9 Å². The molecule has 4 heteroatoms. The standard InChI is InChI=1S/C25H21NO3/c1-2-29-19-14-12-18(13-15-19)25-21(16-23(27)28)24(17-8-4-3-5-9-17)20-10-6-7-11-22(20)26-25/h3-15H,2,16H2,1H3,(H,27,28)/p-1. The number of nitrogens with zero attached hydrogens (tertiary/aromatic N) is 1. The first-order chi connectivity index (χ1) is 14.2. The quantitative estimate of drug-likeness (QED) is 0.500. The van der Waals surface area contributed by atoms with Crippen LogP contribution in [0.4, 0.5) is 0 Å². The van der Waals surface area contributed by atoms with Gasteiger partial charge in [-0.2, -0.15) is 0 Å². The number of carboxylic acids is 1. The zero-order chi connectivity index (χ0) is 20.2. The molecule has 0 bridgehead atoms. The third-order valence-electron chi connectivity index (χ3n) is 4.82. The summed E-state index contributed by atoms with van der Waals surface area (Å²) in [6.07, 6.45) is -0.218. The van der Waals surface area contributed by atoms with Crippen molar-refractivity contribution in [3.05, 3.63) is 84.4 Å². The van der Waals surface area contributed by atoms with Crippen LogP contribution in [-0.4, -0.2) is 17.6 Å². The lowest BCUT2D eigenvalue weighted by Gasteiger charge is -2.18. The summed E-state index contributed by atoms with van der Waals surface area (Å²) < 4.78 is 5.53. The molecule has 0 fully saturated rings. The zero-order valence-electron chi connectivity index (χ0n) is 16.1. The number of carbonyl (C=O) groups excluding carboxylic acids is 1. The molecule has 1 heterocycles. The van der Waals surface area contributed by atoms with E-state index < -0.39 is 5.97 Å². The number of benzene rings is 3. The smallest absolute Gasteiger partial charge is 0.119 e. The molecule has 0 N–H and O–H groups in total. The average molecular weight is 382 g/mol. The van der Waals surface area contributed by atoms with Crippen LogP contribution in [0.25, 0.3) is 33.3 Å². The summed E-state index contributed by atoms with van der Waals surface area (Å²) in [5.74, 6) is -0.367. The number of aromatic nitrogens is 1. The predicted molar refractivity (Wildman–Crippen MR) is 112 cm³/mol. The highest BCUT2D eigenvalue weighted by Crippen LogP contribution is 2.37. The van der Waals surface area contributed by atoms with E-state index in [0.717, 1.165) is 33.3 Å². The summed E-state index contributed by atoms with van der Waals surface area (Å²) in [5, 5.41) is 12.6. The number of rotatable bonds is 6. The molecular formula is C25H20NO3-. The lowest BCUT2D eigenvalue weighted by Crippen LogP contribution is -2.25. The van der Waals surface area contributed by atoms with Gasteiger partial charge in [-0.05, 0) is 53.9 Å². The van der Waals surface area contributed by atoms with E-state index in [2.05, 4.69) is 0 Å². The third kappa shape index (κ3) is 3.83. The van der Waals surface area contributed by atoms with Crippen LogP contribution in [0, 0.1) is 0 Å². The van der Waals surface area contributed by atoms with E-state index in [1.54, 1.807) is 0 Å². The number of pyridine rings is 1. The molecule has 4 nitrogen and oxygen atoms in total. The van der Waals surface area contributed by atoms with Crippen LogP contribution in [0.5, 0.6) is 5.75 Å². The van der Waals surface area contributed by atoms with Crippen molar-refractivity contribution >= 4 is 16.9 Å². The molecule has 4 rings (SSSR count). The second kappa shape index (κ2) is 8.15. The largest absolute Gasteiger partial charge is 0.550 e. The molecule has 0 saturated heterocycles. The van der Waals surface area contributed by atoms with Gasteiger partial charge in [0.05, 0.1) is 17.8 Å². The molecular weight excluding hydrogens is 362 g/mol. The second-order valence-corrected chi connectivity index (χ2v) is 6.70. The normalized spacial score (nSPS) is 10.8. The van der Waals surface area contributed by atoms with Crippen molar-refractivity contribution in [3.8, 4) is 28.1 Å². The number of hydrogen-bond donors (Lipinski definition) is 0. The first-order valence-electron chi connectivity index (χ1n) is 9.57. The highest BCUT2D eigenvalue weighted by molar-refractivity contribution is 6.00. The molecule has 0 saturated carbocycles. The Morgan fingerprint density at radius 1 is 0.897 bits per heavy atom. The first-order valence-corrected chi connectivity index (χ1v) is 9.57. The first kappa shape index (κ1) is 18.7. The van der Waals surface area contributed by atoms with E-state index in [0.29, 0.717) is 17.9 Å². The van der Waals surface area contributed by atoms with Gasteiger partial charge in [-0.3, -0.25) is 0 Å². The molecule has 29 heavy (non-hydrogen) atoms. The minimum Gasteiger partial charge on any atom is -0.550 e. The van der Waals surface area contributed by atoms with Gasteiger partial charge in [0.15, 0.2) is 0 Å². The maximum atomic E-state index is 11.7. The Balaban J connectivity index is 2.02. The van der Waals surface area contributed by atoms with Crippen LogP contribution < -0.4 is 9.84 Å². The Morgan fingerprint density at radius 3 is 2.28 bits per heavy atom. The molecule has 0 atom stereocenters. The molecule has 0 amide bonds. The molecule has 0 aliphatic heterocycles. The summed E-state index contributed by atoms with van der Waals surface area (Å²) in [6.45, 7) is 2.52. The van der Waals surface area contributed by atoms with E-state index in [1.165, 1.54) is 0 Å². The number of carbonyl (C=O) groups is 1. The molecule has 0 aliphatic rings. The number of hydrogen-bond acceptors (Lipinski definition) is 4. The van der Waals surface area contributed by atoms with Gasteiger partial charge in [-0.15, -0.1) is 0 Å². The van der Waals surface area contributed by atoms with E-state index in [1.807, 2.05) is 85.8 Å². The van der Waals surface area contributed by atoms with Gasteiger partial charge in [-0.25, -0.2) is 4.98 Å². The van der Waals surface area contributed by atoms with Gasteiger partial charge >= 0.3 is 0 Å². The Kier molecular flexibility index (Phi) is 5.25. The van der Waals surface area contributed by atoms with Gasteiger partial charge in [0.1, 0.15) is 5.75 Å². The molecule has 0 spiro atoms. The van der Waals surface area contributed by atoms with Crippen molar-refractivity contribution in [3.63, 3.8) is 0 Å². The fraction of sp³-hybridized carbons (Fsp3) is 0.120. The zero-order valence-corrected chi connectivity index (χ0v) is 16.1. The second-order valence-electron chi connectivity index (χ2n) is 6.70. The SMILES string of the molecule is CCOc1ccc(-c2nc3ccccc3c(-c3ccccc3)c2CC(=O)[O-])cc1. The van der Waals surface area contributed by atoms with Crippen molar-refractivity contribution in [2.75, 3.05) is 6.61 Å². The average Bonchev–Trinajstić information content (AvgIpc) is 2.74. The van der Waals surface area contributed by atoms with Crippen molar-refractivity contribution in [2.24, 2.45) is 0 Å². The Hall–Kier alpha value is -3.66. The molecule has 0 radical (unpaired) electrons. The molecule has 4 aromatic rings. The van der Waals surface area contributed by atoms with Crippen LogP contribution in [0.2, 0.25) is 0 Å². The minimum atomic E-state index is -1.13. The lowest BCUT2D eigenvalue weighted by molar-refractivity contribution is -0.304. The van der Waals surface area contributed by atoms with Crippen molar-refractivity contribution in [2.45, 2.75) is 13.3 Å². The Labute approximate surface area is 169 Å². The molecule has 1 aromatic heterocycles. The van der Waals surface area contributed by atoms with Crippen LogP contribution in [0.3, 0.4) is 0 Å². The molecule has 144 valence electrons. The molecule has 0 unspecified atom stereocenters. The van der Waals surface area contributed by atoms with E-state index in [-0.39, 0.29) is 6.42 Å². The van der Waals surface area contributed by atoms with Crippen molar-refractivity contribution < 1.29 is 14.6 Å². The van der Waals surface area contributed by atoms with Gasteiger partial charge in [0.2, 0.25) is 0 Å². The van der Waals surface area contributed by atoms with Gasteiger partial charge in [0, 0.05) is 23.3 Å². The van der Waals surface area contributed by atoms with E-state index >= 15 is 0 Å². The van der Waals surface area contributed by atoms with Gasteiger partial charge in [-0.1, -0.05) is 48.5 Å². The summed E-state index contributed by atoms with van der Waals surface area (Å²) >= 11 is 0. The summed E-state index contributed by atoms with van der Waals surface area (Å²) in [6, 6.07) is 25.2. The van der Waals surface area contributed by atoms with E-state index in [9.17, 15) is 9.90 Å². The highest BCUT2D eigenvalue weighted by atomic mass is 16.5. The fourth-order valence-electron chi connectivity index (χ4n) is 3.62. The van der Waals surface area contributed by atoms with Gasteiger partial charge in [0.25, 0.3) is 0 Å². The maximum Gasteiger partial charge on any atom is 0.119 e. The minimum absolute atomic E-state index is 0.218. The third-order valence-corrected chi connectivity index (χ3v) is 4.82. The topological polar surface area (TPSA) is 62.2 Å². The lowest BCUT2D eigenvalue weighted by atomic mass is 9.90. The van der Waals surface area contributed by atoms with Crippen molar-refractivity contribution in [1.29, 1.82) is 0 Å². The van der Waals surface area contributed by atoms with Gasteiger partial charge < -0.3 is 14.6 Å². The number of fused-ring (bicyclic) bond motifs is 1. The summed E-state index contributed by atoms with van der Waals surface area (Å²) in [5.41, 5.74) is 4.79. The number of para-hydroxylation sites is 1. The number of carboxylic acid groups (broad SMARTS) is 1. The number of ether oxygens (including phenoxy) is 1. The Morgan fingerprint density at radius 2 is 1.59 bits per heavy atom. The van der Waals surface area contributed by atoms with E-state index in [4.69, 9.17) is 9.72 Å². The number of aliphatic carboxylic acids is 1. The highest BCUT2D eigenvalue weighted by Gasteiger charge is 2.18. The fourth-order valence-corrected chi connectivity index (χ4v) is 3.62. The monoisotopic (exact) mass is 382 g/mol. The van der Waals surface area contributed by atoms with Crippen LogP contribution in [-0.2, 0) is 11.2 Å². The molecule has 3 aromatic carbocycles. The van der Waals surface area contributed by atoms with Crippen LogP contribution in [0.1, 0.15) is 12.5 Å². The van der Waals surface area contributed by atoms with Crippen LogP contribution >= 0.6 is 0 Å². The van der Waals surface area contributed by atoms with Crippen molar-refractivity contribution in [1.82, 2.24) is 4.98 Å². The predicted octanol–water partition coefficient (Wildman–Crippen LogP) is 4.26. The summed E-state index contributed by atoms with van der Waals surface area (Å²) in [4.78, 5) is 16.5. The molecule has 0 aliphatic carbocycles. The maximum absolute atomic E-state index is 11.7. The summed E-state index contributed by atoms with van der Waals surface area (Å²) in [7, 11) is 0.